The normalized spacial score (nSPS) is 16.0. The maximum atomic E-state index is 12.9. The number of ketones is 1. The maximum absolute atomic E-state index is 12.9. The quantitative estimate of drug-likeness (QED) is 0.770. The van der Waals surface area contributed by atoms with Gasteiger partial charge in [0.05, 0.1) is 25.3 Å². The van der Waals surface area contributed by atoms with E-state index in [0.29, 0.717) is 12.4 Å². The van der Waals surface area contributed by atoms with Crippen LogP contribution in [0.25, 0.3) is 0 Å². The summed E-state index contributed by atoms with van der Waals surface area (Å²) in [6, 6.07) is 8.89. The average Bonchev–Trinajstić information content (AvgIpc) is 3.19. The SMILES string of the molecule is COc1ccc(CC(=O)c2c(C)c(C#N)c(=O)n(CC3CCCO3)c2O)cc1. The number of aromatic hydroxyl groups is 1. The van der Waals surface area contributed by atoms with Gasteiger partial charge in [-0.05, 0) is 43.0 Å². The Morgan fingerprint density at radius 1 is 1.39 bits per heavy atom. The van der Waals surface area contributed by atoms with Gasteiger partial charge < -0.3 is 14.6 Å². The largest absolute Gasteiger partial charge is 0.497 e. The number of hydrogen-bond donors (Lipinski definition) is 1. The van der Waals surface area contributed by atoms with Crippen molar-refractivity contribution in [2.24, 2.45) is 0 Å². The third kappa shape index (κ3) is 3.78. The predicted molar refractivity (Wildman–Crippen MR) is 102 cm³/mol. The Labute approximate surface area is 162 Å². The second-order valence-electron chi connectivity index (χ2n) is 6.81. The molecule has 1 aliphatic rings. The third-order valence-electron chi connectivity index (χ3n) is 5.01. The van der Waals surface area contributed by atoms with E-state index in [1.54, 1.807) is 31.4 Å². The Balaban J connectivity index is 1.99. The smallest absolute Gasteiger partial charge is 0.271 e. The van der Waals surface area contributed by atoms with E-state index >= 15 is 0 Å². The molecule has 2 aromatic rings. The van der Waals surface area contributed by atoms with Crippen molar-refractivity contribution in [3.05, 3.63) is 56.9 Å². The third-order valence-corrected chi connectivity index (χ3v) is 5.01. The highest BCUT2D eigenvalue weighted by atomic mass is 16.5. The lowest BCUT2D eigenvalue weighted by atomic mass is 9.97. The summed E-state index contributed by atoms with van der Waals surface area (Å²) in [4.78, 5) is 25.6. The topological polar surface area (TPSA) is 102 Å². The van der Waals surface area contributed by atoms with Crippen LogP contribution in [0.5, 0.6) is 11.6 Å². The molecule has 0 bridgehead atoms. The van der Waals surface area contributed by atoms with Crippen LogP contribution in [-0.2, 0) is 17.7 Å². The summed E-state index contributed by atoms with van der Waals surface area (Å²) in [6.45, 7) is 2.22. The van der Waals surface area contributed by atoms with Crippen molar-refractivity contribution in [2.75, 3.05) is 13.7 Å². The van der Waals surface area contributed by atoms with Gasteiger partial charge in [-0.1, -0.05) is 12.1 Å². The molecule has 1 aromatic carbocycles. The molecule has 1 fully saturated rings. The van der Waals surface area contributed by atoms with Gasteiger partial charge in [-0.15, -0.1) is 0 Å². The van der Waals surface area contributed by atoms with E-state index in [9.17, 15) is 20.0 Å². The van der Waals surface area contributed by atoms with Crippen molar-refractivity contribution in [3.8, 4) is 17.7 Å². The first kappa shape index (κ1) is 19.6. The average molecular weight is 382 g/mol. The molecule has 1 N–H and O–H groups in total. The standard InChI is InChI=1S/C21H22N2O5/c1-13-17(11-22)20(25)23(12-16-4-3-9-28-16)21(26)19(13)18(24)10-14-5-7-15(27-2)8-6-14/h5-8,16,26H,3-4,9-10,12H2,1-2H3. The summed E-state index contributed by atoms with van der Waals surface area (Å²) in [5.41, 5.74) is 0.208. The van der Waals surface area contributed by atoms with Crippen LogP contribution in [0.4, 0.5) is 0 Å². The molecule has 28 heavy (non-hydrogen) atoms. The van der Waals surface area contributed by atoms with Crippen LogP contribution in [-0.4, -0.2) is 35.3 Å². The molecule has 2 heterocycles. The number of methoxy groups -OCH3 is 1. The summed E-state index contributed by atoms with van der Waals surface area (Å²) >= 11 is 0. The Hall–Kier alpha value is -3.11. The van der Waals surface area contributed by atoms with Crippen LogP contribution < -0.4 is 10.3 Å². The summed E-state index contributed by atoms with van der Waals surface area (Å²) in [7, 11) is 1.56. The van der Waals surface area contributed by atoms with Crippen molar-refractivity contribution < 1.29 is 19.4 Å². The van der Waals surface area contributed by atoms with Gasteiger partial charge in [-0.2, -0.15) is 5.26 Å². The zero-order chi connectivity index (χ0) is 20.3. The minimum Gasteiger partial charge on any atom is -0.497 e. The second-order valence-corrected chi connectivity index (χ2v) is 6.81. The number of hydrogen-bond acceptors (Lipinski definition) is 6. The highest BCUT2D eigenvalue weighted by Gasteiger charge is 2.26. The molecule has 0 spiro atoms. The number of pyridine rings is 1. The van der Waals surface area contributed by atoms with Gasteiger partial charge in [0.15, 0.2) is 5.78 Å². The fourth-order valence-corrected chi connectivity index (χ4v) is 3.46. The van der Waals surface area contributed by atoms with Gasteiger partial charge in [0.1, 0.15) is 17.4 Å². The van der Waals surface area contributed by atoms with E-state index in [-0.39, 0.29) is 41.5 Å². The molecular weight excluding hydrogens is 360 g/mol. The number of carbonyl (C=O) groups is 1. The monoisotopic (exact) mass is 382 g/mol. The Morgan fingerprint density at radius 2 is 2.11 bits per heavy atom. The summed E-state index contributed by atoms with van der Waals surface area (Å²) in [6.07, 6.45) is 1.45. The number of nitriles is 1. The van der Waals surface area contributed by atoms with Crippen LogP contribution in [0.2, 0.25) is 0 Å². The number of nitrogens with zero attached hydrogens (tertiary/aromatic N) is 2. The lowest BCUT2D eigenvalue weighted by molar-refractivity contribution is 0.0923. The highest BCUT2D eigenvalue weighted by molar-refractivity contribution is 6.01. The van der Waals surface area contributed by atoms with Crippen LogP contribution in [0.1, 0.15) is 39.9 Å². The van der Waals surface area contributed by atoms with E-state index in [1.807, 2.05) is 6.07 Å². The lowest BCUT2D eigenvalue weighted by Crippen LogP contribution is -2.30. The number of rotatable bonds is 6. The van der Waals surface area contributed by atoms with Crippen LogP contribution >= 0.6 is 0 Å². The number of ether oxygens (including phenoxy) is 2. The predicted octanol–water partition coefficient (Wildman–Crippen LogP) is 2.35. The molecule has 3 rings (SSSR count). The fourth-order valence-electron chi connectivity index (χ4n) is 3.46. The summed E-state index contributed by atoms with van der Waals surface area (Å²) in [5.74, 6) is -0.0969. The Bertz CT molecular complexity index is 980. The fraction of sp³-hybridized carbons (Fsp3) is 0.381. The second kappa shape index (κ2) is 8.28. The molecule has 1 unspecified atom stereocenters. The summed E-state index contributed by atoms with van der Waals surface area (Å²) < 4.78 is 11.7. The maximum Gasteiger partial charge on any atom is 0.271 e. The molecular formula is C21H22N2O5. The Morgan fingerprint density at radius 3 is 2.68 bits per heavy atom. The molecule has 1 saturated heterocycles. The molecule has 0 aliphatic carbocycles. The van der Waals surface area contributed by atoms with Crippen molar-refractivity contribution in [1.29, 1.82) is 5.26 Å². The molecule has 146 valence electrons. The van der Waals surface area contributed by atoms with Gasteiger partial charge in [-0.25, -0.2) is 0 Å². The van der Waals surface area contributed by atoms with E-state index in [1.165, 1.54) is 6.92 Å². The zero-order valence-corrected chi connectivity index (χ0v) is 15.9. The number of Topliss-reactive ketones (excluding diaryl/α,β-unsaturated/α-hetero) is 1. The minimum absolute atomic E-state index is 0.00460. The van der Waals surface area contributed by atoms with Gasteiger partial charge >= 0.3 is 0 Å². The molecule has 0 amide bonds. The highest BCUT2D eigenvalue weighted by Crippen LogP contribution is 2.25. The van der Waals surface area contributed by atoms with E-state index in [4.69, 9.17) is 9.47 Å². The summed E-state index contributed by atoms with van der Waals surface area (Å²) in [5, 5.41) is 20.1. The molecule has 7 nitrogen and oxygen atoms in total. The van der Waals surface area contributed by atoms with E-state index < -0.39 is 11.4 Å². The van der Waals surface area contributed by atoms with Gasteiger partial charge in [0, 0.05) is 13.0 Å². The number of benzene rings is 1. The van der Waals surface area contributed by atoms with Crippen LogP contribution in [0.15, 0.2) is 29.1 Å². The first-order valence-electron chi connectivity index (χ1n) is 9.10. The van der Waals surface area contributed by atoms with Crippen molar-refractivity contribution in [2.45, 2.75) is 38.8 Å². The van der Waals surface area contributed by atoms with Crippen LogP contribution in [0, 0.1) is 18.3 Å². The van der Waals surface area contributed by atoms with Gasteiger partial charge in [0.2, 0.25) is 5.88 Å². The van der Waals surface area contributed by atoms with Crippen molar-refractivity contribution in [1.82, 2.24) is 4.57 Å². The molecule has 0 saturated carbocycles. The van der Waals surface area contributed by atoms with E-state index in [0.717, 1.165) is 23.0 Å². The van der Waals surface area contributed by atoms with Crippen molar-refractivity contribution in [3.63, 3.8) is 0 Å². The molecule has 1 aliphatic heterocycles. The molecule has 1 atom stereocenters. The van der Waals surface area contributed by atoms with E-state index in [2.05, 4.69) is 0 Å². The molecule has 1 aromatic heterocycles. The van der Waals surface area contributed by atoms with Gasteiger partial charge in [0.25, 0.3) is 5.56 Å². The van der Waals surface area contributed by atoms with Crippen molar-refractivity contribution >= 4 is 5.78 Å². The first-order valence-corrected chi connectivity index (χ1v) is 9.10. The minimum atomic E-state index is -0.603. The molecule has 0 radical (unpaired) electrons. The number of aromatic nitrogens is 1. The number of carbonyl (C=O) groups excluding carboxylic acids is 1. The first-order chi connectivity index (χ1) is 13.5. The molecule has 7 heteroatoms. The Kier molecular flexibility index (Phi) is 5.81. The lowest BCUT2D eigenvalue weighted by Gasteiger charge is -2.18. The zero-order valence-electron chi connectivity index (χ0n) is 15.9. The van der Waals surface area contributed by atoms with Gasteiger partial charge in [-0.3, -0.25) is 14.2 Å². The van der Waals surface area contributed by atoms with Crippen LogP contribution in [0.3, 0.4) is 0 Å².